The lowest BCUT2D eigenvalue weighted by Crippen LogP contribution is -2.16. The quantitative estimate of drug-likeness (QED) is 0.232. The zero-order valence-corrected chi connectivity index (χ0v) is 20.9. The number of carbonyl (C=O) groups is 4. The van der Waals surface area contributed by atoms with Gasteiger partial charge in [-0.3, -0.25) is 0 Å². The summed E-state index contributed by atoms with van der Waals surface area (Å²) in [6.45, 7) is 13.6. The molecule has 2 aromatic rings. The third-order valence-corrected chi connectivity index (χ3v) is 6.10. The maximum atomic E-state index is 12.0. The van der Waals surface area contributed by atoms with Crippen LogP contribution in [0.25, 0.3) is 0 Å². The summed E-state index contributed by atoms with van der Waals surface area (Å²) in [5.41, 5.74) is 1.61. The Kier molecular flexibility index (Phi) is 9.54. The minimum Gasteiger partial charge on any atom is -0.423 e. The molecule has 1 aliphatic carbocycles. The summed E-state index contributed by atoms with van der Waals surface area (Å²) < 4.78 is 21.3. The molecule has 8 nitrogen and oxygen atoms in total. The third-order valence-electron chi connectivity index (χ3n) is 6.10. The normalized spacial score (nSPS) is 16.3. The van der Waals surface area contributed by atoms with E-state index in [2.05, 4.69) is 26.3 Å². The first-order valence-corrected chi connectivity index (χ1v) is 11.9. The summed E-state index contributed by atoms with van der Waals surface area (Å²) in [6, 6.07) is 9.85. The number of carbonyl (C=O) groups excluding carboxylic acids is 4. The fourth-order valence-corrected chi connectivity index (χ4v) is 4.34. The van der Waals surface area contributed by atoms with Crippen molar-refractivity contribution in [1.82, 2.24) is 0 Å². The first kappa shape index (κ1) is 27.9. The summed E-state index contributed by atoms with van der Waals surface area (Å²) in [6.07, 6.45) is 7.20. The molecule has 0 atom stereocenters. The zero-order valence-electron chi connectivity index (χ0n) is 20.9. The van der Waals surface area contributed by atoms with Crippen molar-refractivity contribution in [2.45, 2.75) is 37.5 Å². The van der Waals surface area contributed by atoms with Gasteiger partial charge in [0, 0.05) is 36.4 Å². The lowest BCUT2D eigenvalue weighted by atomic mass is 9.75. The molecule has 1 fully saturated rings. The van der Waals surface area contributed by atoms with E-state index in [4.69, 9.17) is 18.9 Å². The van der Waals surface area contributed by atoms with Crippen LogP contribution in [0.5, 0.6) is 23.0 Å². The molecule has 0 unspecified atom stereocenters. The van der Waals surface area contributed by atoms with Gasteiger partial charge in [-0.1, -0.05) is 38.4 Å². The highest BCUT2D eigenvalue weighted by molar-refractivity contribution is 5.85. The minimum absolute atomic E-state index is 0.0648. The van der Waals surface area contributed by atoms with Crippen molar-refractivity contribution in [2.24, 2.45) is 0 Å². The maximum absolute atomic E-state index is 12.0. The molecular weight excluding hydrogens is 488 g/mol. The number of hydrogen-bond donors (Lipinski definition) is 0. The van der Waals surface area contributed by atoms with Crippen LogP contribution in [0.2, 0.25) is 0 Å². The van der Waals surface area contributed by atoms with Crippen molar-refractivity contribution in [2.75, 3.05) is 0 Å². The predicted octanol–water partition coefficient (Wildman–Crippen LogP) is 5.49. The minimum atomic E-state index is -0.627. The van der Waals surface area contributed by atoms with Crippen molar-refractivity contribution >= 4 is 23.9 Å². The fraction of sp³-hybridized carbons (Fsp3) is 0.200. The van der Waals surface area contributed by atoms with E-state index >= 15 is 0 Å². The Bertz CT molecular complexity index is 1180. The Morgan fingerprint density at radius 3 is 1.18 bits per heavy atom. The van der Waals surface area contributed by atoms with E-state index in [9.17, 15) is 19.2 Å². The van der Waals surface area contributed by atoms with Gasteiger partial charge in [0.15, 0.2) is 0 Å². The van der Waals surface area contributed by atoms with Gasteiger partial charge in [0.25, 0.3) is 0 Å². The molecule has 1 aliphatic rings. The molecule has 0 N–H and O–H groups in total. The molecule has 196 valence electrons. The van der Waals surface area contributed by atoms with E-state index in [1.807, 2.05) is 0 Å². The molecule has 0 heterocycles. The Labute approximate surface area is 220 Å². The average molecular weight is 517 g/mol. The monoisotopic (exact) mass is 516 g/mol. The third kappa shape index (κ3) is 7.16. The first-order chi connectivity index (χ1) is 18.3. The molecule has 8 heteroatoms. The SMILES string of the molecule is C=CC(=O)Oc1ccc(C2CCC(c3ccc(OC(=O)C=C)cc3OC(=O)C=C)CC2)c(OC(=O)C=C)c1. The van der Waals surface area contributed by atoms with Gasteiger partial charge in [0.05, 0.1) is 0 Å². The van der Waals surface area contributed by atoms with Gasteiger partial charge in [0.1, 0.15) is 23.0 Å². The van der Waals surface area contributed by atoms with Gasteiger partial charge in [-0.25, -0.2) is 19.2 Å². The number of esters is 4. The molecule has 0 saturated heterocycles. The fourth-order valence-electron chi connectivity index (χ4n) is 4.34. The molecule has 2 aromatic carbocycles. The van der Waals surface area contributed by atoms with E-state index in [0.29, 0.717) is 11.5 Å². The largest absolute Gasteiger partial charge is 0.423 e. The van der Waals surface area contributed by atoms with E-state index in [1.165, 1.54) is 12.1 Å². The molecule has 0 aromatic heterocycles. The molecule has 0 radical (unpaired) electrons. The van der Waals surface area contributed by atoms with Gasteiger partial charge < -0.3 is 18.9 Å². The van der Waals surface area contributed by atoms with Crippen molar-refractivity contribution in [3.05, 3.63) is 98.1 Å². The molecular formula is C30H28O8. The second-order valence-corrected chi connectivity index (χ2v) is 8.45. The average Bonchev–Trinajstić information content (AvgIpc) is 2.93. The maximum Gasteiger partial charge on any atom is 0.335 e. The van der Waals surface area contributed by atoms with Crippen LogP contribution >= 0.6 is 0 Å². The van der Waals surface area contributed by atoms with Crippen molar-refractivity contribution < 1.29 is 38.1 Å². The second kappa shape index (κ2) is 13.0. The highest BCUT2D eigenvalue weighted by Gasteiger charge is 2.28. The van der Waals surface area contributed by atoms with Gasteiger partial charge in [-0.2, -0.15) is 0 Å². The molecule has 38 heavy (non-hydrogen) atoms. The van der Waals surface area contributed by atoms with Crippen LogP contribution in [0, 0.1) is 0 Å². The van der Waals surface area contributed by atoms with E-state index in [-0.39, 0.29) is 23.3 Å². The van der Waals surface area contributed by atoms with Crippen molar-refractivity contribution in [3.63, 3.8) is 0 Å². The van der Waals surface area contributed by atoms with Gasteiger partial charge >= 0.3 is 23.9 Å². The predicted molar refractivity (Wildman–Crippen MR) is 140 cm³/mol. The Morgan fingerprint density at radius 1 is 0.553 bits per heavy atom. The number of hydrogen-bond acceptors (Lipinski definition) is 8. The van der Waals surface area contributed by atoms with Crippen LogP contribution in [0.15, 0.2) is 87.0 Å². The van der Waals surface area contributed by atoms with E-state index in [0.717, 1.165) is 61.1 Å². The number of ether oxygens (including phenoxy) is 4. The highest BCUT2D eigenvalue weighted by atomic mass is 16.6. The van der Waals surface area contributed by atoms with Crippen LogP contribution in [-0.2, 0) is 19.2 Å². The van der Waals surface area contributed by atoms with Crippen molar-refractivity contribution in [1.29, 1.82) is 0 Å². The lowest BCUT2D eigenvalue weighted by Gasteiger charge is -2.30. The van der Waals surface area contributed by atoms with Crippen LogP contribution in [-0.4, -0.2) is 23.9 Å². The smallest absolute Gasteiger partial charge is 0.335 e. The summed E-state index contributed by atoms with van der Waals surface area (Å²) in [5, 5.41) is 0. The molecule has 3 rings (SSSR count). The molecule has 0 amide bonds. The number of rotatable bonds is 10. The lowest BCUT2D eigenvalue weighted by molar-refractivity contribution is -0.130. The summed E-state index contributed by atoms with van der Waals surface area (Å²) in [4.78, 5) is 47.1. The second-order valence-electron chi connectivity index (χ2n) is 8.45. The summed E-state index contributed by atoms with van der Waals surface area (Å²) in [7, 11) is 0. The van der Waals surface area contributed by atoms with Crippen LogP contribution in [0.1, 0.15) is 48.6 Å². The van der Waals surface area contributed by atoms with Crippen LogP contribution in [0.4, 0.5) is 0 Å². The van der Waals surface area contributed by atoms with E-state index in [1.54, 1.807) is 24.3 Å². The zero-order chi connectivity index (χ0) is 27.7. The van der Waals surface area contributed by atoms with Gasteiger partial charge in [0.2, 0.25) is 0 Å². The molecule has 0 bridgehead atoms. The summed E-state index contributed by atoms with van der Waals surface area (Å²) >= 11 is 0. The van der Waals surface area contributed by atoms with Crippen LogP contribution < -0.4 is 18.9 Å². The highest BCUT2D eigenvalue weighted by Crippen LogP contribution is 2.46. The van der Waals surface area contributed by atoms with Gasteiger partial charge in [-0.05, 0) is 60.8 Å². The first-order valence-electron chi connectivity index (χ1n) is 11.9. The van der Waals surface area contributed by atoms with Crippen LogP contribution in [0.3, 0.4) is 0 Å². The Balaban J connectivity index is 1.82. The topological polar surface area (TPSA) is 105 Å². The molecule has 1 saturated carbocycles. The summed E-state index contributed by atoms with van der Waals surface area (Å²) in [5.74, 6) is -1.34. The Morgan fingerprint density at radius 2 is 0.868 bits per heavy atom. The van der Waals surface area contributed by atoms with Gasteiger partial charge in [-0.15, -0.1) is 0 Å². The molecule has 0 aliphatic heterocycles. The van der Waals surface area contributed by atoms with E-state index < -0.39 is 23.9 Å². The Hall–Kier alpha value is -4.72. The number of benzene rings is 2. The van der Waals surface area contributed by atoms with Crippen molar-refractivity contribution in [3.8, 4) is 23.0 Å². The standard InChI is InChI=1S/C30H28O8/c1-5-27(31)35-21-13-15-23(25(17-21)37-29(33)7-3)19-9-11-20(12-10-19)24-16-14-22(36-28(32)6-2)18-26(24)38-30(34)8-4/h5-8,13-20H,1-4,9-12H2. The molecule has 0 spiro atoms.